The van der Waals surface area contributed by atoms with Crippen LogP contribution in [0.4, 0.5) is 16.3 Å². The van der Waals surface area contributed by atoms with Crippen molar-refractivity contribution in [1.82, 2.24) is 14.8 Å². The van der Waals surface area contributed by atoms with Crippen molar-refractivity contribution < 1.29 is 13.9 Å². The van der Waals surface area contributed by atoms with Gasteiger partial charge in [0.1, 0.15) is 11.6 Å². The molecule has 0 bridgehead atoms. The molecule has 0 spiro atoms. The van der Waals surface area contributed by atoms with Gasteiger partial charge in [0, 0.05) is 5.92 Å². The molecule has 2 aromatic carbocycles. The van der Waals surface area contributed by atoms with Gasteiger partial charge in [0.2, 0.25) is 11.9 Å². The average Bonchev–Trinajstić information content (AvgIpc) is 3.16. The Kier molecular flexibility index (Phi) is 5.39. The zero-order valence-electron chi connectivity index (χ0n) is 17.1. The van der Waals surface area contributed by atoms with E-state index in [1.165, 1.54) is 12.1 Å². The minimum absolute atomic E-state index is 0.0312. The lowest BCUT2D eigenvalue weighted by Crippen LogP contribution is -2.28. The summed E-state index contributed by atoms with van der Waals surface area (Å²) in [6.07, 6.45) is 0.686. The van der Waals surface area contributed by atoms with Crippen LogP contribution in [0.5, 0.6) is 5.75 Å². The number of anilines is 2. The van der Waals surface area contributed by atoms with E-state index >= 15 is 0 Å². The number of carbonyl (C=O) groups excluding carboxylic acids is 1. The van der Waals surface area contributed by atoms with E-state index < -0.39 is 0 Å². The maximum Gasteiger partial charge on any atom is 0.250 e. The second kappa shape index (κ2) is 8.14. The molecule has 0 radical (unpaired) electrons. The normalized spacial score (nSPS) is 17.9. The van der Waals surface area contributed by atoms with Crippen molar-refractivity contribution in [3.05, 3.63) is 65.5 Å². The maximum atomic E-state index is 13.5. The summed E-state index contributed by atoms with van der Waals surface area (Å²) >= 11 is 0. The Morgan fingerprint density at radius 2 is 1.83 bits per heavy atom. The molecule has 1 aliphatic rings. The predicted molar refractivity (Wildman–Crippen MR) is 112 cm³/mol. The van der Waals surface area contributed by atoms with Crippen LogP contribution in [0.25, 0.3) is 0 Å². The van der Waals surface area contributed by atoms with Crippen LogP contribution >= 0.6 is 0 Å². The van der Waals surface area contributed by atoms with Gasteiger partial charge in [0.25, 0.3) is 5.95 Å². The summed E-state index contributed by atoms with van der Waals surface area (Å²) in [7, 11) is 1.63. The Morgan fingerprint density at radius 1 is 1.17 bits per heavy atom. The average molecular weight is 409 g/mol. The molecule has 1 aliphatic heterocycles. The fourth-order valence-corrected chi connectivity index (χ4v) is 3.50. The number of ether oxygens (including phenoxy) is 1. The molecule has 1 amide bonds. The zero-order chi connectivity index (χ0) is 21.3. The van der Waals surface area contributed by atoms with Crippen LogP contribution < -0.4 is 15.4 Å². The van der Waals surface area contributed by atoms with E-state index in [0.29, 0.717) is 12.4 Å². The van der Waals surface area contributed by atoms with Crippen LogP contribution in [-0.2, 0) is 4.79 Å². The standard InChI is InChI=1S/C22H24FN5O2/c1-13(2)20(29)25-21-26-22-24-18(14-6-10-17(30-3)11-7-14)12-19(28(22)27-21)15-4-8-16(23)9-5-15/h4-11,13,18-19H,12H2,1-3H3,(H2,24,25,26,27,29). The number of benzene rings is 2. The molecule has 0 saturated carbocycles. The van der Waals surface area contributed by atoms with Crippen LogP contribution in [0, 0.1) is 11.7 Å². The van der Waals surface area contributed by atoms with E-state index in [4.69, 9.17) is 4.74 Å². The minimum Gasteiger partial charge on any atom is -0.497 e. The highest BCUT2D eigenvalue weighted by Crippen LogP contribution is 2.38. The number of methoxy groups -OCH3 is 1. The Morgan fingerprint density at radius 3 is 2.47 bits per heavy atom. The highest BCUT2D eigenvalue weighted by atomic mass is 19.1. The van der Waals surface area contributed by atoms with Gasteiger partial charge in [0.05, 0.1) is 19.2 Å². The van der Waals surface area contributed by atoms with E-state index in [1.807, 2.05) is 38.1 Å². The molecule has 30 heavy (non-hydrogen) atoms. The number of nitrogens with zero attached hydrogens (tertiary/aromatic N) is 3. The quantitative estimate of drug-likeness (QED) is 0.661. The first-order valence-corrected chi connectivity index (χ1v) is 9.88. The smallest absolute Gasteiger partial charge is 0.250 e. The fourth-order valence-electron chi connectivity index (χ4n) is 3.50. The van der Waals surface area contributed by atoms with Crippen LogP contribution in [-0.4, -0.2) is 27.8 Å². The molecule has 3 aromatic rings. The first kappa shape index (κ1) is 19.9. The zero-order valence-corrected chi connectivity index (χ0v) is 17.1. The monoisotopic (exact) mass is 409 g/mol. The molecule has 2 atom stereocenters. The molecule has 2 N–H and O–H groups in total. The van der Waals surface area contributed by atoms with Crippen molar-refractivity contribution in [2.75, 3.05) is 17.7 Å². The molecule has 0 saturated heterocycles. The summed E-state index contributed by atoms with van der Waals surface area (Å²) < 4.78 is 20.5. The summed E-state index contributed by atoms with van der Waals surface area (Å²) in [6.45, 7) is 3.62. The molecular weight excluding hydrogens is 385 g/mol. The van der Waals surface area contributed by atoms with Gasteiger partial charge in [-0.1, -0.05) is 38.1 Å². The molecular formula is C22H24FN5O2. The van der Waals surface area contributed by atoms with Gasteiger partial charge in [-0.25, -0.2) is 9.07 Å². The van der Waals surface area contributed by atoms with Crippen molar-refractivity contribution in [2.45, 2.75) is 32.4 Å². The second-order valence-electron chi connectivity index (χ2n) is 7.62. The number of aromatic nitrogens is 3. The third kappa shape index (κ3) is 3.98. The number of carbonyl (C=O) groups is 1. The Hall–Kier alpha value is -3.42. The van der Waals surface area contributed by atoms with Gasteiger partial charge in [-0.3, -0.25) is 10.1 Å². The number of hydrogen-bond donors (Lipinski definition) is 2. The van der Waals surface area contributed by atoms with Gasteiger partial charge in [-0.05, 0) is 41.8 Å². The predicted octanol–water partition coefficient (Wildman–Crippen LogP) is 4.17. The molecule has 7 nitrogen and oxygen atoms in total. The number of fused-ring (bicyclic) bond motifs is 1. The van der Waals surface area contributed by atoms with Crippen LogP contribution in [0.15, 0.2) is 48.5 Å². The Labute approximate surface area is 174 Å². The van der Waals surface area contributed by atoms with E-state index in [9.17, 15) is 9.18 Å². The molecule has 1 aromatic heterocycles. The SMILES string of the molecule is COc1ccc(C2CC(c3ccc(F)cc3)n3nc(NC(=O)C(C)C)nc3N2)cc1. The topological polar surface area (TPSA) is 81.1 Å². The number of rotatable bonds is 5. The Bertz CT molecular complexity index is 1030. The fraction of sp³-hybridized carbons (Fsp3) is 0.318. The first-order valence-electron chi connectivity index (χ1n) is 9.88. The summed E-state index contributed by atoms with van der Waals surface area (Å²) in [5.74, 6) is 0.963. The molecule has 2 unspecified atom stereocenters. The van der Waals surface area contributed by atoms with E-state index in [-0.39, 0.29) is 35.7 Å². The van der Waals surface area contributed by atoms with Gasteiger partial charge in [-0.15, -0.1) is 5.10 Å². The van der Waals surface area contributed by atoms with E-state index in [2.05, 4.69) is 20.7 Å². The molecule has 0 fully saturated rings. The lowest BCUT2D eigenvalue weighted by molar-refractivity contribution is -0.118. The van der Waals surface area contributed by atoms with Crippen LogP contribution in [0.2, 0.25) is 0 Å². The van der Waals surface area contributed by atoms with Crippen molar-refractivity contribution in [3.63, 3.8) is 0 Å². The minimum atomic E-state index is -0.289. The van der Waals surface area contributed by atoms with Gasteiger partial charge < -0.3 is 10.1 Å². The lowest BCUT2D eigenvalue weighted by atomic mass is 9.93. The maximum absolute atomic E-state index is 13.5. The van der Waals surface area contributed by atoms with Gasteiger partial charge in [-0.2, -0.15) is 4.98 Å². The highest BCUT2D eigenvalue weighted by Gasteiger charge is 2.31. The summed E-state index contributed by atoms with van der Waals surface area (Å²) in [5, 5.41) is 10.7. The summed E-state index contributed by atoms with van der Waals surface area (Å²) in [5.41, 5.74) is 1.99. The van der Waals surface area contributed by atoms with Gasteiger partial charge >= 0.3 is 0 Å². The molecule has 4 rings (SSSR count). The number of hydrogen-bond acceptors (Lipinski definition) is 5. The lowest BCUT2D eigenvalue weighted by Gasteiger charge is -2.31. The van der Waals surface area contributed by atoms with E-state index in [1.54, 1.807) is 23.9 Å². The van der Waals surface area contributed by atoms with Crippen molar-refractivity contribution in [1.29, 1.82) is 0 Å². The van der Waals surface area contributed by atoms with Crippen molar-refractivity contribution in [2.24, 2.45) is 5.92 Å². The Balaban J connectivity index is 1.69. The first-order chi connectivity index (χ1) is 14.4. The second-order valence-corrected chi connectivity index (χ2v) is 7.62. The summed E-state index contributed by atoms with van der Waals surface area (Å²) in [6, 6.07) is 14.0. The molecule has 8 heteroatoms. The molecule has 0 aliphatic carbocycles. The van der Waals surface area contributed by atoms with Gasteiger partial charge in [0.15, 0.2) is 0 Å². The van der Waals surface area contributed by atoms with Crippen molar-refractivity contribution >= 4 is 17.8 Å². The third-order valence-corrected chi connectivity index (χ3v) is 5.22. The van der Waals surface area contributed by atoms with Crippen molar-refractivity contribution in [3.8, 4) is 5.75 Å². The third-order valence-electron chi connectivity index (χ3n) is 5.22. The van der Waals surface area contributed by atoms with E-state index in [0.717, 1.165) is 16.9 Å². The summed E-state index contributed by atoms with van der Waals surface area (Å²) in [4.78, 5) is 16.6. The van der Waals surface area contributed by atoms with Crippen LogP contribution in [0.1, 0.15) is 43.5 Å². The molecule has 156 valence electrons. The van der Waals surface area contributed by atoms with Crippen LogP contribution in [0.3, 0.4) is 0 Å². The largest absolute Gasteiger partial charge is 0.497 e. The number of nitrogens with one attached hydrogen (secondary N) is 2. The molecule has 2 heterocycles. The number of halogens is 1. The number of amides is 1. The highest BCUT2D eigenvalue weighted by molar-refractivity contribution is 5.90.